The van der Waals surface area contributed by atoms with E-state index in [0.29, 0.717) is 17.3 Å². The van der Waals surface area contributed by atoms with Gasteiger partial charge in [-0.05, 0) is 70.8 Å². The van der Waals surface area contributed by atoms with Gasteiger partial charge in [-0.25, -0.2) is 14.4 Å². The summed E-state index contributed by atoms with van der Waals surface area (Å²) in [7, 11) is 0. The van der Waals surface area contributed by atoms with Crippen molar-refractivity contribution in [2.75, 3.05) is 50.8 Å². The standard InChI is InChI=1S/C29H38F4N6O3.ClH/c1-19(2)39(17-29(31,32)33)27(40)23-11-20(30)3-6-24(23)42-25-12-35-18-36-26(25)38-15-28(16-38)7-9-37(10-8-28)13-22-5-4-21(34)14-41-22;/h3,6,11-12,18-19,21-22H,4-5,7-10,13-17,34H2,1-2H3;1H/t21-,22+;/m1./s1. The number of piperidine rings is 1. The monoisotopic (exact) mass is 630 g/mol. The van der Waals surface area contributed by atoms with Crippen LogP contribution in [0.4, 0.5) is 23.4 Å². The summed E-state index contributed by atoms with van der Waals surface area (Å²) >= 11 is 0. The predicted molar refractivity (Wildman–Crippen MR) is 155 cm³/mol. The average molecular weight is 631 g/mol. The van der Waals surface area contributed by atoms with Crippen molar-refractivity contribution in [1.82, 2.24) is 19.8 Å². The molecule has 0 aliphatic carbocycles. The molecule has 3 aliphatic heterocycles. The van der Waals surface area contributed by atoms with Crippen LogP contribution in [0.3, 0.4) is 0 Å². The second kappa shape index (κ2) is 13.5. The zero-order chi connectivity index (χ0) is 30.1. The molecule has 0 unspecified atom stereocenters. The fourth-order valence-electron chi connectivity index (χ4n) is 6.03. The highest BCUT2D eigenvalue weighted by Crippen LogP contribution is 2.45. The topological polar surface area (TPSA) is 97.1 Å². The minimum atomic E-state index is -4.61. The summed E-state index contributed by atoms with van der Waals surface area (Å²) in [6.07, 6.45) is 2.53. The van der Waals surface area contributed by atoms with Gasteiger partial charge in [-0.2, -0.15) is 13.2 Å². The number of rotatable bonds is 8. The van der Waals surface area contributed by atoms with Gasteiger partial charge in [-0.3, -0.25) is 4.79 Å². The van der Waals surface area contributed by atoms with Gasteiger partial charge in [0.05, 0.1) is 24.5 Å². The molecule has 3 fully saturated rings. The van der Waals surface area contributed by atoms with Crippen LogP contribution >= 0.6 is 12.4 Å². The van der Waals surface area contributed by atoms with E-state index >= 15 is 0 Å². The quantitative estimate of drug-likeness (QED) is 0.421. The normalized spacial score (nSPS) is 22.2. The number of nitrogens with two attached hydrogens (primary N) is 1. The third-order valence-corrected chi connectivity index (χ3v) is 8.42. The minimum Gasteiger partial charge on any atom is -0.451 e. The summed E-state index contributed by atoms with van der Waals surface area (Å²) in [5.74, 6) is -1.06. The number of halogens is 5. The van der Waals surface area contributed by atoms with Crippen molar-refractivity contribution >= 4 is 24.1 Å². The van der Waals surface area contributed by atoms with E-state index in [4.69, 9.17) is 15.2 Å². The van der Waals surface area contributed by atoms with Gasteiger partial charge in [0.2, 0.25) is 0 Å². The molecule has 2 aromatic rings. The zero-order valence-electron chi connectivity index (χ0n) is 24.4. The molecule has 2 N–H and O–H groups in total. The fraction of sp³-hybridized carbons (Fsp3) is 0.621. The molecule has 5 rings (SSSR count). The van der Waals surface area contributed by atoms with E-state index in [1.165, 1.54) is 32.4 Å². The van der Waals surface area contributed by atoms with Crippen molar-refractivity contribution in [3.63, 3.8) is 0 Å². The lowest BCUT2D eigenvalue weighted by molar-refractivity contribution is -0.143. The fourth-order valence-corrected chi connectivity index (χ4v) is 6.03. The molecule has 3 saturated heterocycles. The van der Waals surface area contributed by atoms with Crippen LogP contribution in [-0.2, 0) is 4.74 Å². The first kappa shape index (κ1) is 33.2. The second-order valence-corrected chi connectivity index (χ2v) is 12.0. The smallest absolute Gasteiger partial charge is 0.406 e. The lowest BCUT2D eigenvalue weighted by atomic mass is 9.72. The summed E-state index contributed by atoms with van der Waals surface area (Å²) < 4.78 is 65.8. The zero-order valence-corrected chi connectivity index (χ0v) is 25.2. The molecule has 9 nitrogen and oxygen atoms in total. The van der Waals surface area contributed by atoms with Gasteiger partial charge < -0.3 is 29.9 Å². The summed E-state index contributed by atoms with van der Waals surface area (Å²) in [5.41, 5.74) is 5.79. The molecule has 0 bridgehead atoms. The van der Waals surface area contributed by atoms with E-state index in [1.54, 1.807) is 0 Å². The summed E-state index contributed by atoms with van der Waals surface area (Å²) in [6.45, 7) is 6.53. The van der Waals surface area contributed by atoms with Crippen LogP contribution in [-0.4, -0.2) is 95.9 Å². The lowest BCUT2D eigenvalue weighted by Gasteiger charge is -2.54. The predicted octanol–water partition coefficient (Wildman–Crippen LogP) is 4.65. The molecular formula is C29H39ClF4N6O3. The molecule has 4 heterocycles. The number of alkyl halides is 3. The molecular weight excluding hydrogens is 592 g/mol. The SMILES string of the molecule is CC(C)N(CC(F)(F)F)C(=O)c1cc(F)ccc1Oc1cncnc1N1CC2(CCN(C[C@@H]3CC[C@@H](N)CO3)CC2)C1.Cl. The molecule has 1 aromatic heterocycles. The highest BCUT2D eigenvalue weighted by atomic mass is 35.5. The van der Waals surface area contributed by atoms with Gasteiger partial charge in [0.1, 0.15) is 24.4 Å². The van der Waals surface area contributed by atoms with Gasteiger partial charge in [0.15, 0.2) is 11.6 Å². The maximum atomic E-state index is 14.2. The molecule has 43 heavy (non-hydrogen) atoms. The van der Waals surface area contributed by atoms with Crippen LogP contribution in [0, 0.1) is 11.2 Å². The van der Waals surface area contributed by atoms with E-state index in [2.05, 4.69) is 19.8 Å². The van der Waals surface area contributed by atoms with E-state index in [1.807, 2.05) is 0 Å². The van der Waals surface area contributed by atoms with E-state index in [9.17, 15) is 22.4 Å². The van der Waals surface area contributed by atoms with Crippen LogP contribution in [0.5, 0.6) is 11.5 Å². The number of nitrogens with zero attached hydrogens (tertiary/aromatic N) is 5. The number of likely N-dealkylation sites (tertiary alicyclic amines) is 1. The Morgan fingerprint density at radius 1 is 1.21 bits per heavy atom. The van der Waals surface area contributed by atoms with Crippen LogP contribution < -0.4 is 15.4 Å². The number of anilines is 1. The molecule has 0 radical (unpaired) electrons. The maximum absolute atomic E-state index is 14.2. The first-order chi connectivity index (χ1) is 19.9. The molecule has 0 saturated carbocycles. The lowest BCUT2D eigenvalue weighted by Crippen LogP contribution is -2.61. The van der Waals surface area contributed by atoms with Crippen LogP contribution in [0.25, 0.3) is 0 Å². The van der Waals surface area contributed by atoms with Gasteiger partial charge in [0, 0.05) is 37.1 Å². The van der Waals surface area contributed by atoms with Crippen molar-refractivity contribution in [3.05, 3.63) is 42.1 Å². The number of carbonyl (C=O) groups is 1. The van der Waals surface area contributed by atoms with Crippen molar-refractivity contribution in [2.24, 2.45) is 11.1 Å². The Hall–Kier alpha value is -2.74. The van der Waals surface area contributed by atoms with Crippen LogP contribution in [0.2, 0.25) is 0 Å². The molecule has 14 heteroatoms. The van der Waals surface area contributed by atoms with E-state index in [-0.39, 0.29) is 47.0 Å². The van der Waals surface area contributed by atoms with Gasteiger partial charge in [0.25, 0.3) is 5.91 Å². The number of aromatic nitrogens is 2. The number of benzene rings is 1. The molecule has 1 aromatic carbocycles. The van der Waals surface area contributed by atoms with Crippen molar-refractivity contribution in [2.45, 2.75) is 63.9 Å². The third kappa shape index (κ3) is 8.05. The molecule has 1 spiro atoms. The Morgan fingerprint density at radius 3 is 2.56 bits per heavy atom. The number of amides is 1. The highest BCUT2D eigenvalue weighted by Gasteiger charge is 2.46. The number of hydrogen-bond acceptors (Lipinski definition) is 8. The average Bonchev–Trinajstić information content (AvgIpc) is 2.93. The highest BCUT2D eigenvalue weighted by molar-refractivity contribution is 5.97. The Kier molecular flexibility index (Phi) is 10.4. The summed E-state index contributed by atoms with van der Waals surface area (Å²) in [6, 6.07) is 2.59. The molecule has 2 atom stereocenters. The van der Waals surface area contributed by atoms with Crippen LogP contribution in [0.15, 0.2) is 30.7 Å². The van der Waals surface area contributed by atoms with Gasteiger partial charge >= 0.3 is 6.18 Å². The van der Waals surface area contributed by atoms with E-state index < -0.39 is 30.5 Å². The Morgan fingerprint density at radius 2 is 1.93 bits per heavy atom. The molecule has 3 aliphatic rings. The number of ether oxygens (including phenoxy) is 2. The Labute approximate surface area is 255 Å². The number of hydrogen-bond donors (Lipinski definition) is 1. The Bertz CT molecular complexity index is 1240. The van der Waals surface area contributed by atoms with Crippen LogP contribution in [0.1, 0.15) is 49.9 Å². The van der Waals surface area contributed by atoms with E-state index in [0.717, 1.165) is 70.5 Å². The van der Waals surface area contributed by atoms with Crippen molar-refractivity contribution < 1.29 is 31.8 Å². The van der Waals surface area contributed by atoms with Crippen molar-refractivity contribution in [1.29, 1.82) is 0 Å². The minimum absolute atomic E-state index is 0. The first-order valence-electron chi connectivity index (χ1n) is 14.4. The van der Waals surface area contributed by atoms with Gasteiger partial charge in [-0.1, -0.05) is 0 Å². The second-order valence-electron chi connectivity index (χ2n) is 12.0. The third-order valence-electron chi connectivity index (χ3n) is 8.42. The summed E-state index contributed by atoms with van der Waals surface area (Å²) in [4.78, 5) is 26.8. The molecule has 238 valence electrons. The maximum Gasteiger partial charge on any atom is 0.406 e. The molecule has 1 amide bonds. The Balaban J connectivity index is 0.00000423. The summed E-state index contributed by atoms with van der Waals surface area (Å²) in [5, 5.41) is 0. The first-order valence-corrected chi connectivity index (χ1v) is 14.4. The largest absolute Gasteiger partial charge is 0.451 e. The number of carbonyl (C=O) groups excluding carboxylic acids is 1. The van der Waals surface area contributed by atoms with Gasteiger partial charge in [-0.15, -0.1) is 12.4 Å². The van der Waals surface area contributed by atoms with Crippen molar-refractivity contribution in [3.8, 4) is 11.5 Å².